The van der Waals surface area contributed by atoms with Crippen molar-refractivity contribution in [3.8, 4) is 0 Å². The van der Waals surface area contributed by atoms with Crippen LogP contribution in [-0.2, 0) is 18.4 Å². The number of nitrogens with zero attached hydrogens (tertiary/aromatic N) is 3. The van der Waals surface area contributed by atoms with Crippen molar-refractivity contribution in [2.24, 2.45) is 7.05 Å². The molecule has 100 valence electrons. The molecule has 0 aliphatic carbocycles. The summed E-state index contributed by atoms with van der Waals surface area (Å²) in [6.07, 6.45) is 1.30. The Balaban J connectivity index is 2.12. The highest BCUT2D eigenvalue weighted by molar-refractivity contribution is 5.93. The van der Waals surface area contributed by atoms with Gasteiger partial charge >= 0.3 is 5.69 Å². The van der Waals surface area contributed by atoms with Gasteiger partial charge in [0.05, 0.1) is 11.4 Å². The van der Waals surface area contributed by atoms with Crippen molar-refractivity contribution >= 4 is 17.3 Å². The molecule has 0 saturated heterocycles. The second-order valence-electron chi connectivity index (χ2n) is 3.96. The fraction of sp³-hybridized carbons (Fsp3) is 0.182. The number of anilines is 2. The molecule has 0 spiro atoms. The third-order valence-electron chi connectivity index (χ3n) is 2.47. The van der Waals surface area contributed by atoms with Crippen molar-refractivity contribution in [3.63, 3.8) is 0 Å². The number of benzene rings is 1. The Morgan fingerprint density at radius 2 is 2.26 bits per heavy atom. The van der Waals surface area contributed by atoms with Gasteiger partial charge in [-0.15, -0.1) is 0 Å². The Morgan fingerprint density at radius 1 is 1.53 bits per heavy atom. The molecule has 8 heteroatoms. The van der Waals surface area contributed by atoms with Crippen molar-refractivity contribution in [2.45, 2.75) is 6.54 Å². The van der Waals surface area contributed by atoms with Gasteiger partial charge in [-0.25, -0.2) is 13.9 Å². The molecule has 3 N–H and O–H groups in total. The van der Waals surface area contributed by atoms with Crippen LogP contribution in [0.25, 0.3) is 0 Å². The Hall–Kier alpha value is -2.64. The van der Waals surface area contributed by atoms with Crippen molar-refractivity contribution in [3.05, 3.63) is 40.8 Å². The number of aryl methyl sites for hydroxylation is 1. The second kappa shape index (κ2) is 4.92. The minimum atomic E-state index is -0.516. The summed E-state index contributed by atoms with van der Waals surface area (Å²) in [7, 11) is 1.52. The van der Waals surface area contributed by atoms with E-state index >= 15 is 0 Å². The van der Waals surface area contributed by atoms with E-state index in [9.17, 15) is 14.0 Å². The number of nitrogen functional groups attached to an aromatic ring is 1. The molecule has 7 nitrogen and oxygen atoms in total. The topological polar surface area (TPSA) is 94.9 Å². The van der Waals surface area contributed by atoms with Crippen molar-refractivity contribution in [1.82, 2.24) is 14.3 Å². The van der Waals surface area contributed by atoms with Crippen molar-refractivity contribution < 1.29 is 9.18 Å². The molecule has 2 rings (SSSR count). The van der Waals surface area contributed by atoms with Crippen LogP contribution in [0.5, 0.6) is 0 Å². The van der Waals surface area contributed by atoms with Gasteiger partial charge in [0.1, 0.15) is 18.7 Å². The zero-order valence-electron chi connectivity index (χ0n) is 10.1. The lowest BCUT2D eigenvalue weighted by Gasteiger charge is -2.07. The molecule has 0 bridgehead atoms. The van der Waals surface area contributed by atoms with E-state index in [1.165, 1.54) is 30.1 Å². The average Bonchev–Trinajstić information content (AvgIpc) is 2.66. The highest BCUT2D eigenvalue weighted by Crippen LogP contribution is 2.18. The standard InChI is InChI=1S/C11H12FN5O2/c1-16-6-14-17(11(16)19)5-10(18)15-9-4-7(12)2-3-8(9)13/h2-4,6H,5,13H2,1H3,(H,15,18). The lowest BCUT2D eigenvalue weighted by Crippen LogP contribution is -2.29. The zero-order valence-corrected chi connectivity index (χ0v) is 10.1. The smallest absolute Gasteiger partial charge is 0.345 e. The minimum absolute atomic E-state index is 0.161. The molecule has 0 atom stereocenters. The fourth-order valence-electron chi connectivity index (χ4n) is 1.49. The summed E-state index contributed by atoms with van der Waals surface area (Å²) in [6, 6.07) is 3.64. The predicted molar refractivity (Wildman–Crippen MR) is 66.9 cm³/mol. The maximum atomic E-state index is 13.0. The first-order valence-electron chi connectivity index (χ1n) is 5.40. The largest absolute Gasteiger partial charge is 0.397 e. The number of nitrogens with one attached hydrogen (secondary N) is 1. The van der Waals surface area contributed by atoms with Crippen LogP contribution in [0.2, 0.25) is 0 Å². The lowest BCUT2D eigenvalue weighted by atomic mass is 10.2. The van der Waals surface area contributed by atoms with E-state index in [-0.39, 0.29) is 17.9 Å². The lowest BCUT2D eigenvalue weighted by molar-refractivity contribution is -0.117. The molecule has 0 aliphatic heterocycles. The molecule has 0 aliphatic rings. The Morgan fingerprint density at radius 3 is 2.89 bits per heavy atom. The first kappa shape index (κ1) is 12.8. The van der Waals surface area contributed by atoms with E-state index in [0.717, 1.165) is 10.7 Å². The number of halogens is 1. The number of carbonyl (C=O) groups is 1. The highest BCUT2D eigenvalue weighted by atomic mass is 19.1. The molecule has 0 saturated carbocycles. The minimum Gasteiger partial charge on any atom is -0.397 e. The first-order chi connectivity index (χ1) is 8.97. The van der Waals surface area contributed by atoms with E-state index in [4.69, 9.17) is 5.73 Å². The van der Waals surface area contributed by atoms with Gasteiger partial charge in [0.2, 0.25) is 5.91 Å². The molecule has 0 unspecified atom stereocenters. The quantitative estimate of drug-likeness (QED) is 0.760. The Bertz CT molecular complexity index is 676. The Labute approximate surface area is 107 Å². The summed E-state index contributed by atoms with van der Waals surface area (Å²) < 4.78 is 15.2. The second-order valence-corrected chi connectivity index (χ2v) is 3.96. The number of rotatable bonds is 3. The van der Waals surface area contributed by atoms with Crippen LogP contribution < -0.4 is 16.7 Å². The summed E-state index contributed by atoms with van der Waals surface area (Å²) in [5, 5.41) is 6.16. The molecule has 1 aromatic carbocycles. The third kappa shape index (κ3) is 2.79. The van der Waals surface area contributed by atoms with Gasteiger partial charge in [-0.3, -0.25) is 9.36 Å². The van der Waals surface area contributed by atoms with Gasteiger partial charge in [-0.1, -0.05) is 0 Å². The van der Waals surface area contributed by atoms with E-state index in [1.54, 1.807) is 0 Å². The third-order valence-corrected chi connectivity index (χ3v) is 2.47. The van der Waals surface area contributed by atoms with Gasteiger partial charge in [-0.2, -0.15) is 5.10 Å². The van der Waals surface area contributed by atoms with Crippen molar-refractivity contribution in [2.75, 3.05) is 11.1 Å². The van der Waals surface area contributed by atoms with Gasteiger partial charge < -0.3 is 11.1 Å². The molecule has 1 aromatic heterocycles. The summed E-state index contributed by atoms with van der Waals surface area (Å²) in [6.45, 7) is -0.268. The van der Waals surface area contributed by atoms with Crippen molar-refractivity contribution in [1.29, 1.82) is 0 Å². The van der Waals surface area contributed by atoms with Crippen LogP contribution in [0.1, 0.15) is 0 Å². The summed E-state index contributed by atoms with van der Waals surface area (Å²) in [5.74, 6) is -1.03. The number of hydrogen-bond donors (Lipinski definition) is 2. The molecular weight excluding hydrogens is 253 g/mol. The van der Waals surface area contributed by atoms with Crippen LogP contribution in [0, 0.1) is 5.82 Å². The van der Waals surface area contributed by atoms with Gasteiger partial charge in [0, 0.05) is 7.05 Å². The molecule has 0 radical (unpaired) electrons. The number of hydrogen-bond acceptors (Lipinski definition) is 4. The monoisotopic (exact) mass is 265 g/mol. The van der Waals surface area contributed by atoms with Crippen LogP contribution in [0.15, 0.2) is 29.3 Å². The normalized spacial score (nSPS) is 10.4. The van der Waals surface area contributed by atoms with Crippen LogP contribution in [0.4, 0.5) is 15.8 Å². The van der Waals surface area contributed by atoms with Gasteiger partial charge in [0.15, 0.2) is 0 Å². The summed E-state index contributed by atoms with van der Waals surface area (Å²) >= 11 is 0. The van der Waals surface area contributed by atoms with Gasteiger partial charge in [0.25, 0.3) is 0 Å². The van der Waals surface area contributed by atoms with Crippen LogP contribution in [-0.4, -0.2) is 20.3 Å². The van der Waals surface area contributed by atoms with Crippen LogP contribution >= 0.6 is 0 Å². The first-order valence-corrected chi connectivity index (χ1v) is 5.40. The van der Waals surface area contributed by atoms with E-state index in [0.29, 0.717) is 0 Å². The van der Waals surface area contributed by atoms with E-state index < -0.39 is 17.4 Å². The number of nitrogens with two attached hydrogens (primary N) is 1. The van der Waals surface area contributed by atoms with E-state index in [2.05, 4.69) is 10.4 Å². The Kier molecular flexibility index (Phi) is 3.32. The predicted octanol–water partition coefficient (Wildman–Crippen LogP) is -0.0582. The van der Waals surface area contributed by atoms with E-state index in [1.807, 2.05) is 0 Å². The molecule has 0 fully saturated rings. The van der Waals surface area contributed by atoms with Gasteiger partial charge in [-0.05, 0) is 18.2 Å². The van der Waals surface area contributed by atoms with Crippen LogP contribution in [0.3, 0.4) is 0 Å². The average molecular weight is 265 g/mol. The molecular formula is C11H12FN5O2. The number of amides is 1. The number of carbonyl (C=O) groups excluding carboxylic acids is 1. The molecule has 2 aromatic rings. The summed E-state index contributed by atoms with van der Waals surface area (Å²) in [5.41, 5.74) is 5.58. The SMILES string of the molecule is Cn1cnn(CC(=O)Nc2cc(F)ccc2N)c1=O. The summed E-state index contributed by atoms with van der Waals surface area (Å²) in [4.78, 5) is 23.2. The molecule has 1 amide bonds. The maximum absolute atomic E-state index is 13.0. The fourth-order valence-corrected chi connectivity index (χ4v) is 1.49. The zero-order chi connectivity index (χ0) is 14.0. The molecule has 1 heterocycles. The highest BCUT2D eigenvalue weighted by Gasteiger charge is 2.10. The maximum Gasteiger partial charge on any atom is 0.345 e. The molecule has 19 heavy (non-hydrogen) atoms. The number of aromatic nitrogens is 3.